The molecule has 4 aliphatic rings. The summed E-state index contributed by atoms with van der Waals surface area (Å²) in [6, 6.07) is 18.3. The van der Waals surface area contributed by atoms with Crippen molar-refractivity contribution in [2.75, 3.05) is 87.5 Å². The number of nitrogens with one attached hydrogen (secondary N) is 1. The lowest BCUT2D eigenvalue weighted by Crippen LogP contribution is -2.58. The topological polar surface area (TPSA) is 161 Å². The molecule has 2 aromatic carbocycles. The molecule has 392 valence electrons. The SMILES string of the molecule is C.CCNC(=O)c1nc(Cl)c(N2CCN(C3CCN(Cc4ccc(Cl)cc4)CC3)[C@@H](CC)C2)nc1N.CC[C@H]1CN(c2nc3ncn(CC)c(=O)c3nc2Cl)CCN1C1CCN(Cc2ccc(Cl)cc2)CC1.[HH]. The average Bonchev–Trinajstić information content (AvgIpc) is 3.39. The molecule has 4 aliphatic heterocycles. The molecule has 16 nitrogen and oxygen atoms in total. The van der Waals surface area contributed by atoms with E-state index < -0.39 is 0 Å². The number of aryl methyl sites for hydroxylation is 1. The zero-order chi connectivity index (χ0) is 50.2. The highest BCUT2D eigenvalue weighted by Gasteiger charge is 2.36. The summed E-state index contributed by atoms with van der Waals surface area (Å²) < 4.78 is 1.51. The minimum atomic E-state index is -0.357. The Bertz CT molecular complexity index is 2630. The van der Waals surface area contributed by atoms with Gasteiger partial charge in [0.05, 0.1) is 0 Å². The van der Waals surface area contributed by atoms with Gasteiger partial charge in [-0.25, -0.2) is 24.9 Å². The highest BCUT2D eigenvalue weighted by Crippen LogP contribution is 2.32. The number of carbonyl (C=O) groups excluding carboxylic acids is 1. The van der Waals surface area contributed by atoms with Crippen LogP contribution in [0.25, 0.3) is 11.2 Å². The largest absolute Gasteiger partial charge is 0.382 e. The number of rotatable bonds is 13. The monoisotopic (exact) mass is 1070 g/mol. The molecular weight excluding hydrogens is 994 g/mol. The van der Waals surface area contributed by atoms with Gasteiger partial charge < -0.3 is 20.9 Å². The molecule has 3 N–H and O–H groups in total. The van der Waals surface area contributed by atoms with E-state index in [0.717, 1.165) is 101 Å². The van der Waals surface area contributed by atoms with Gasteiger partial charge in [-0.3, -0.25) is 33.8 Å². The van der Waals surface area contributed by atoms with Crippen LogP contribution in [-0.4, -0.2) is 151 Å². The first kappa shape index (κ1) is 55.4. The molecule has 0 aliphatic carbocycles. The van der Waals surface area contributed by atoms with Crippen LogP contribution in [0.15, 0.2) is 59.7 Å². The molecule has 0 radical (unpaired) electrons. The molecule has 0 spiro atoms. The van der Waals surface area contributed by atoms with E-state index in [9.17, 15) is 9.59 Å². The lowest BCUT2D eigenvalue weighted by Gasteiger charge is -2.47. The summed E-state index contributed by atoms with van der Waals surface area (Å²) in [5.74, 6) is 0.942. The lowest BCUT2D eigenvalue weighted by atomic mass is 9.98. The number of nitrogens with two attached hydrogens (primary N) is 1. The van der Waals surface area contributed by atoms with Crippen LogP contribution in [0.4, 0.5) is 17.5 Å². The van der Waals surface area contributed by atoms with E-state index in [0.29, 0.717) is 54.5 Å². The van der Waals surface area contributed by atoms with Crippen molar-refractivity contribution >= 4 is 80.9 Å². The van der Waals surface area contributed by atoms with Crippen molar-refractivity contribution in [2.24, 2.45) is 0 Å². The average molecular weight is 1070 g/mol. The predicted octanol–water partition coefficient (Wildman–Crippen LogP) is 8.64. The maximum absolute atomic E-state index is 12.6. The van der Waals surface area contributed by atoms with E-state index in [-0.39, 0.29) is 47.7 Å². The first-order chi connectivity index (χ1) is 34.3. The fourth-order valence-corrected chi connectivity index (χ4v) is 11.5. The highest BCUT2D eigenvalue weighted by molar-refractivity contribution is 6.32. The van der Waals surface area contributed by atoms with Crippen molar-refractivity contribution in [3.8, 4) is 0 Å². The number of fused-ring (bicyclic) bond motifs is 1. The Kier molecular flexibility index (Phi) is 19.8. The van der Waals surface area contributed by atoms with Crippen LogP contribution in [-0.2, 0) is 19.6 Å². The van der Waals surface area contributed by atoms with Gasteiger partial charge in [0.2, 0.25) is 0 Å². The number of piperazine rings is 2. The Morgan fingerprint density at radius 2 is 1.14 bits per heavy atom. The fourth-order valence-electron chi connectivity index (χ4n) is 10.7. The maximum atomic E-state index is 12.6. The highest BCUT2D eigenvalue weighted by atomic mass is 35.5. The zero-order valence-electron chi connectivity index (χ0n) is 41.4. The van der Waals surface area contributed by atoms with Crippen molar-refractivity contribution in [1.82, 2.24) is 54.4 Å². The summed E-state index contributed by atoms with van der Waals surface area (Å²) in [6.45, 7) is 20.8. The van der Waals surface area contributed by atoms with Crippen LogP contribution in [0.2, 0.25) is 20.4 Å². The van der Waals surface area contributed by atoms with Crippen LogP contribution in [0.3, 0.4) is 0 Å². The molecule has 0 saturated carbocycles. The van der Waals surface area contributed by atoms with Crippen molar-refractivity contribution < 1.29 is 6.22 Å². The Balaban J connectivity index is 0.000000232. The number of likely N-dealkylation sites (tertiary alicyclic amines) is 2. The van der Waals surface area contributed by atoms with E-state index in [1.165, 1.54) is 47.7 Å². The molecule has 72 heavy (non-hydrogen) atoms. The third-order valence-electron chi connectivity index (χ3n) is 14.6. The van der Waals surface area contributed by atoms with Gasteiger partial charge >= 0.3 is 0 Å². The number of carbonyl (C=O) groups is 1. The maximum Gasteiger partial charge on any atom is 0.281 e. The molecule has 4 fully saturated rings. The quantitative estimate of drug-likeness (QED) is 0.115. The molecular formula is C52H74Cl4N14O2. The number of nitrogens with zero attached hydrogens (tertiary/aromatic N) is 12. The number of amides is 1. The Hall–Kier alpha value is -4.39. The Morgan fingerprint density at radius 1 is 0.667 bits per heavy atom. The summed E-state index contributed by atoms with van der Waals surface area (Å²) in [4.78, 5) is 61.8. The number of hydrogen-bond acceptors (Lipinski definition) is 14. The summed E-state index contributed by atoms with van der Waals surface area (Å²) in [5.41, 5.74) is 9.15. The molecule has 9 rings (SSSR count). The molecule has 7 heterocycles. The Morgan fingerprint density at radius 3 is 1.60 bits per heavy atom. The molecule has 0 unspecified atom stereocenters. The number of benzene rings is 2. The summed E-state index contributed by atoms with van der Waals surface area (Å²) >= 11 is 25.1. The molecule has 5 aromatic rings. The van der Waals surface area contributed by atoms with E-state index in [4.69, 9.17) is 52.1 Å². The smallest absolute Gasteiger partial charge is 0.281 e. The second-order valence-electron chi connectivity index (χ2n) is 19.0. The fraction of sp³-hybridized carbons (Fsp3) is 0.558. The predicted molar refractivity (Wildman–Crippen MR) is 296 cm³/mol. The van der Waals surface area contributed by atoms with Crippen LogP contribution < -0.4 is 26.4 Å². The van der Waals surface area contributed by atoms with Crippen molar-refractivity contribution in [2.45, 2.75) is 117 Å². The van der Waals surface area contributed by atoms with Crippen molar-refractivity contribution in [3.63, 3.8) is 0 Å². The second kappa shape index (κ2) is 25.7. The molecule has 4 saturated heterocycles. The van der Waals surface area contributed by atoms with Gasteiger partial charge in [0.25, 0.3) is 11.5 Å². The third-order valence-corrected chi connectivity index (χ3v) is 15.7. The van der Waals surface area contributed by atoms with Crippen LogP contribution in [0.1, 0.15) is 96.7 Å². The van der Waals surface area contributed by atoms with Crippen molar-refractivity contribution in [3.05, 3.63) is 102 Å². The molecule has 20 heteroatoms. The van der Waals surface area contributed by atoms with Gasteiger partial charge in [-0.2, -0.15) is 0 Å². The first-order valence-corrected chi connectivity index (χ1v) is 26.9. The molecule has 0 bridgehead atoms. The van der Waals surface area contributed by atoms with E-state index in [1.54, 1.807) is 0 Å². The number of hydrogen-bond donors (Lipinski definition) is 2. The second-order valence-corrected chi connectivity index (χ2v) is 20.6. The van der Waals surface area contributed by atoms with Crippen LogP contribution in [0, 0.1) is 0 Å². The van der Waals surface area contributed by atoms with Gasteiger partial charge in [-0.15, -0.1) is 0 Å². The third kappa shape index (κ3) is 13.3. The van der Waals surface area contributed by atoms with Gasteiger partial charge in [0, 0.05) is 101 Å². The standard InChI is InChI=1S/C26H33Cl2N7O.C25H35Cl2N7O.CH4.H2/c1-3-20-16-34(25-23(28)30-22-24(31-25)29-17-33(4-2)26(22)36)13-14-35(20)21-9-11-32(12-10-21)15-18-5-7-19(27)8-6-18;1-3-19-16-33(24-22(27)30-21(23(28)31-24)25(35)29-4-2)13-14-34(19)20-9-11-32(12-10-20)15-17-5-7-18(26)8-6-17;;/h5-8,17,20-21H,3-4,9-16H2,1-2H3;5-8,19-20H,3-4,9-16H2,1-2H3,(H2,28,31)(H,29,35);1H4;1H/t20-;19-;;/m00../s1. The normalized spacial score (nSPS) is 20.0. The number of aromatic nitrogens is 6. The van der Waals surface area contributed by atoms with Gasteiger partial charge in [-0.05, 0) is 114 Å². The first-order valence-electron chi connectivity index (χ1n) is 25.3. The Labute approximate surface area is 446 Å². The number of halogens is 4. The van der Waals surface area contributed by atoms with Crippen LogP contribution in [0.5, 0.6) is 0 Å². The lowest BCUT2D eigenvalue weighted by molar-refractivity contribution is 0.0610. The molecule has 1 amide bonds. The van der Waals surface area contributed by atoms with Gasteiger partial charge in [0.1, 0.15) is 6.33 Å². The number of anilines is 3. The van der Waals surface area contributed by atoms with E-state index >= 15 is 0 Å². The summed E-state index contributed by atoms with van der Waals surface area (Å²) in [7, 11) is 0. The number of nitrogen functional groups attached to an aromatic ring is 1. The molecule has 3 aromatic heterocycles. The van der Waals surface area contributed by atoms with Gasteiger partial charge in [0.15, 0.2) is 44.6 Å². The molecule has 2 atom stereocenters. The van der Waals surface area contributed by atoms with E-state index in [2.05, 4.69) is 97.7 Å². The zero-order valence-corrected chi connectivity index (χ0v) is 44.4. The van der Waals surface area contributed by atoms with E-state index in [1.807, 2.05) is 38.1 Å². The number of piperidine rings is 2. The van der Waals surface area contributed by atoms with Crippen molar-refractivity contribution in [1.29, 1.82) is 0 Å². The summed E-state index contributed by atoms with van der Waals surface area (Å²) in [5, 5.41) is 4.76. The van der Waals surface area contributed by atoms with Crippen LogP contribution >= 0.6 is 46.4 Å². The van der Waals surface area contributed by atoms with Gasteiger partial charge in [-0.1, -0.05) is 91.9 Å². The minimum absolute atomic E-state index is 0. The minimum Gasteiger partial charge on any atom is -0.382 e. The summed E-state index contributed by atoms with van der Waals surface area (Å²) in [6.07, 6.45) is 8.31.